The van der Waals surface area contributed by atoms with Crippen LogP contribution in [0.1, 0.15) is 12.8 Å². The second kappa shape index (κ2) is 12.4. The minimum absolute atomic E-state index is 0.0946. The first-order valence-electron chi connectivity index (χ1n) is 11.8. The first-order chi connectivity index (χ1) is 17.2. The number of hydrogen-bond acceptors (Lipinski definition) is 6. The summed E-state index contributed by atoms with van der Waals surface area (Å²) in [5, 5.41) is 0. The third kappa shape index (κ3) is 7.74. The standard InChI is InChI=1S/C29H29NO5/c31-28(35-27-13-11-25(12-14-27)24-7-3-1-4-8-24)17-20-30-18-15-23(16-19-30)21-34-29(32)22-33-26-9-5-2-6-10-26/h1-14,17,20,23H,15-16,18-19,21-22H2/b20-17+. The van der Waals surface area contributed by atoms with E-state index in [0.29, 0.717) is 24.0 Å². The van der Waals surface area contributed by atoms with Crippen molar-refractivity contribution in [3.05, 3.63) is 97.2 Å². The van der Waals surface area contributed by atoms with E-state index in [-0.39, 0.29) is 12.6 Å². The molecule has 0 aliphatic carbocycles. The number of esters is 2. The van der Waals surface area contributed by atoms with Gasteiger partial charge in [-0.15, -0.1) is 0 Å². The van der Waals surface area contributed by atoms with Gasteiger partial charge < -0.3 is 19.1 Å². The molecule has 1 saturated heterocycles. The van der Waals surface area contributed by atoms with Crippen molar-refractivity contribution in [3.63, 3.8) is 0 Å². The predicted molar refractivity (Wildman–Crippen MR) is 134 cm³/mol. The molecule has 6 heteroatoms. The van der Waals surface area contributed by atoms with Crippen LogP contribution in [-0.4, -0.2) is 43.1 Å². The number of ether oxygens (including phenoxy) is 3. The SMILES string of the molecule is O=C(/C=C/N1CCC(COC(=O)COc2ccccc2)CC1)Oc1ccc(-c2ccccc2)cc1. The summed E-state index contributed by atoms with van der Waals surface area (Å²) in [6.45, 7) is 1.87. The van der Waals surface area contributed by atoms with Crippen LogP contribution < -0.4 is 9.47 Å². The fraction of sp³-hybridized carbons (Fsp3) is 0.241. The molecule has 0 aromatic heterocycles. The number of likely N-dealkylation sites (tertiary alicyclic amines) is 1. The van der Waals surface area contributed by atoms with Gasteiger partial charge in [0, 0.05) is 25.4 Å². The van der Waals surface area contributed by atoms with E-state index in [1.165, 1.54) is 6.08 Å². The maximum atomic E-state index is 12.2. The molecule has 0 spiro atoms. The summed E-state index contributed by atoms with van der Waals surface area (Å²) < 4.78 is 16.2. The van der Waals surface area contributed by atoms with Gasteiger partial charge in [0.25, 0.3) is 0 Å². The second-order valence-electron chi connectivity index (χ2n) is 8.39. The molecule has 1 aliphatic rings. The monoisotopic (exact) mass is 471 g/mol. The summed E-state index contributed by atoms with van der Waals surface area (Å²) >= 11 is 0. The lowest BCUT2D eigenvalue weighted by atomic mass is 9.98. The Bertz CT molecular complexity index is 1100. The number of carbonyl (C=O) groups excluding carboxylic acids is 2. The van der Waals surface area contributed by atoms with Gasteiger partial charge in [-0.2, -0.15) is 0 Å². The van der Waals surface area contributed by atoms with Crippen molar-refractivity contribution in [2.24, 2.45) is 5.92 Å². The van der Waals surface area contributed by atoms with Crippen LogP contribution in [0, 0.1) is 5.92 Å². The molecule has 35 heavy (non-hydrogen) atoms. The van der Waals surface area contributed by atoms with E-state index in [4.69, 9.17) is 14.2 Å². The average Bonchev–Trinajstić information content (AvgIpc) is 2.91. The molecule has 0 N–H and O–H groups in total. The zero-order chi connectivity index (χ0) is 24.3. The molecule has 0 radical (unpaired) electrons. The minimum Gasteiger partial charge on any atom is -0.482 e. The van der Waals surface area contributed by atoms with Crippen molar-refractivity contribution in [2.45, 2.75) is 12.8 Å². The van der Waals surface area contributed by atoms with Gasteiger partial charge in [0.15, 0.2) is 6.61 Å². The van der Waals surface area contributed by atoms with Gasteiger partial charge in [-0.1, -0.05) is 60.7 Å². The highest BCUT2D eigenvalue weighted by atomic mass is 16.6. The summed E-state index contributed by atoms with van der Waals surface area (Å²) in [6.07, 6.45) is 4.99. The normalized spacial score (nSPS) is 14.0. The summed E-state index contributed by atoms with van der Waals surface area (Å²) in [7, 11) is 0. The van der Waals surface area contributed by atoms with Gasteiger partial charge in [-0.05, 0) is 54.2 Å². The lowest BCUT2D eigenvalue weighted by Crippen LogP contribution is -2.32. The van der Waals surface area contributed by atoms with E-state index in [2.05, 4.69) is 4.90 Å². The molecule has 0 bridgehead atoms. The fourth-order valence-electron chi connectivity index (χ4n) is 3.84. The molecule has 0 amide bonds. The van der Waals surface area contributed by atoms with Gasteiger partial charge >= 0.3 is 11.9 Å². The number of para-hydroxylation sites is 1. The minimum atomic E-state index is -0.410. The van der Waals surface area contributed by atoms with Crippen LogP contribution in [0.2, 0.25) is 0 Å². The molecule has 0 saturated carbocycles. The Morgan fingerprint density at radius 1 is 0.800 bits per heavy atom. The van der Waals surface area contributed by atoms with E-state index in [9.17, 15) is 9.59 Å². The zero-order valence-electron chi connectivity index (χ0n) is 19.5. The zero-order valence-corrected chi connectivity index (χ0v) is 19.5. The molecule has 0 unspecified atom stereocenters. The van der Waals surface area contributed by atoms with E-state index in [1.54, 1.807) is 30.5 Å². The Labute approximate surface area is 205 Å². The molecule has 0 atom stereocenters. The molecular weight excluding hydrogens is 442 g/mol. The van der Waals surface area contributed by atoms with Gasteiger partial charge in [-0.3, -0.25) is 0 Å². The van der Waals surface area contributed by atoms with Gasteiger partial charge in [-0.25, -0.2) is 9.59 Å². The number of benzene rings is 3. The fourth-order valence-corrected chi connectivity index (χ4v) is 3.84. The van der Waals surface area contributed by atoms with Crippen LogP contribution in [0.5, 0.6) is 11.5 Å². The Hall–Kier alpha value is -4.06. The van der Waals surface area contributed by atoms with Crippen molar-refractivity contribution in [1.82, 2.24) is 4.90 Å². The van der Waals surface area contributed by atoms with E-state index < -0.39 is 5.97 Å². The molecule has 1 heterocycles. The number of hydrogen-bond donors (Lipinski definition) is 0. The molecule has 3 aromatic rings. The lowest BCUT2D eigenvalue weighted by molar-refractivity contribution is -0.147. The van der Waals surface area contributed by atoms with Gasteiger partial charge in [0.1, 0.15) is 11.5 Å². The predicted octanol–water partition coefficient (Wildman–Crippen LogP) is 5.11. The smallest absolute Gasteiger partial charge is 0.344 e. The van der Waals surface area contributed by atoms with Crippen molar-refractivity contribution in [2.75, 3.05) is 26.3 Å². The summed E-state index contributed by atoms with van der Waals surface area (Å²) in [4.78, 5) is 26.2. The number of piperidine rings is 1. The number of rotatable bonds is 9. The average molecular weight is 472 g/mol. The van der Waals surface area contributed by atoms with Crippen LogP contribution in [0.3, 0.4) is 0 Å². The maximum Gasteiger partial charge on any atom is 0.344 e. The van der Waals surface area contributed by atoms with E-state index in [0.717, 1.165) is 37.1 Å². The van der Waals surface area contributed by atoms with Crippen LogP contribution in [0.4, 0.5) is 0 Å². The van der Waals surface area contributed by atoms with Crippen molar-refractivity contribution in [1.29, 1.82) is 0 Å². The lowest BCUT2D eigenvalue weighted by Gasteiger charge is -2.30. The summed E-state index contributed by atoms with van der Waals surface area (Å²) in [5.41, 5.74) is 2.18. The highest BCUT2D eigenvalue weighted by Gasteiger charge is 2.19. The largest absolute Gasteiger partial charge is 0.482 e. The van der Waals surface area contributed by atoms with E-state index in [1.807, 2.05) is 60.7 Å². The Morgan fingerprint density at radius 3 is 2.11 bits per heavy atom. The third-order valence-electron chi connectivity index (χ3n) is 5.83. The number of nitrogens with zero attached hydrogens (tertiary/aromatic N) is 1. The maximum absolute atomic E-state index is 12.2. The third-order valence-corrected chi connectivity index (χ3v) is 5.83. The molecule has 1 fully saturated rings. The summed E-state index contributed by atoms with van der Waals surface area (Å²) in [5.74, 6) is 0.682. The molecule has 6 nitrogen and oxygen atoms in total. The second-order valence-corrected chi connectivity index (χ2v) is 8.39. The summed E-state index contributed by atoms with van der Waals surface area (Å²) in [6, 6.07) is 26.7. The Morgan fingerprint density at radius 2 is 1.43 bits per heavy atom. The Balaban J connectivity index is 1.13. The molecule has 3 aromatic carbocycles. The Kier molecular flexibility index (Phi) is 8.54. The highest BCUT2D eigenvalue weighted by Crippen LogP contribution is 2.22. The number of carbonyl (C=O) groups is 2. The quantitative estimate of drug-likeness (QED) is 0.246. The van der Waals surface area contributed by atoms with Gasteiger partial charge in [0.2, 0.25) is 0 Å². The van der Waals surface area contributed by atoms with Crippen molar-refractivity contribution in [3.8, 4) is 22.6 Å². The highest BCUT2D eigenvalue weighted by molar-refractivity contribution is 5.84. The van der Waals surface area contributed by atoms with Crippen LogP contribution in [0.15, 0.2) is 97.2 Å². The molecule has 1 aliphatic heterocycles. The first kappa shape index (κ1) is 24.1. The molecule has 180 valence electrons. The topological polar surface area (TPSA) is 65.1 Å². The van der Waals surface area contributed by atoms with Crippen molar-refractivity contribution < 1.29 is 23.8 Å². The first-order valence-corrected chi connectivity index (χ1v) is 11.8. The van der Waals surface area contributed by atoms with Crippen LogP contribution >= 0.6 is 0 Å². The molecular formula is C29H29NO5. The van der Waals surface area contributed by atoms with Crippen LogP contribution in [-0.2, 0) is 14.3 Å². The van der Waals surface area contributed by atoms with Gasteiger partial charge in [0.05, 0.1) is 6.61 Å². The van der Waals surface area contributed by atoms with E-state index >= 15 is 0 Å². The van der Waals surface area contributed by atoms with Crippen LogP contribution in [0.25, 0.3) is 11.1 Å². The van der Waals surface area contributed by atoms with Crippen molar-refractivity contribution >= 4 is 11.9 Å². The molecule has 4 rings (SSSR count).